The largest absolute Gasteiger partial charge is 0.490 e. The number of guanidine groups is 1. The number of nitrogens with zero attached hydrogens (tertiary/aromatic N) is 1. The second-order valence-corrected chi connectivity index (χ2v) is 8.25. The third-order valence-corrected chi connectivity index (χ3v) is 5.53. The van der Waals surface area contributed by atoms with Gasteiger partial charge in [-0.05, 0) is 67.5 Å². The molecule has 0 radical (unpaired) electrons. The molecular formula is C24H30N4O2. The highest BCUT2D eigenvalue weighted by atomic mass is 16.5. The van der Waals surface area contributed by atoms with Crippen molar-refractivity contribution in [2.45, 2.75) is 51.6 Å². The van der Waals surface area contributed by atoms with E-state index in [2.05, 4.69) is 34.8 Å². The van der Waals surface area contributed by atoms with Crippen LogP contribution < -0.4 is 20.7 Å². The van der Waals surface area contributed by atoms with Crippen LogP contribution in [-0.4, -0.2) is 31.1 Å². The molecule has 0 saturated heterocycles. The quantitative estimate of drug-likeness (QED) is 0.657. The standard InChI is InChI=1S/C24H30N4O2/c1-16(2)21-14-17(23(29)28-24-25-12-5-13-26-24)10-11-22(21)27-18-6-3-9-20(15-18)30-19-7-4-8-19/h3,6,9-11,14-16,19,27H,4-5,7-8,12-13H2,1-2H3,(H2,25,26,28,29). The fourth-order valence-corrected chi connectivity index (χ4v) is 3.58. The first-order valence-corrected chi connectivity index (χ1v) is 10.9. The Hall–Kier alpha value is -3.02. The van der Waals surface area contributed by atoms with E-state index in [1.165, 1.54) is 6.42 Å². The van der Waals surface area contributed by atoms with Crippen LogP contribution in [0.4, 0.5) is 11.4 Å². The molecule has 4 rings (SSSR count). The zero-order chi connectivity index (χ0) is 20.9. The van der Waals surface area contributed by atoms with Gasteiger partial charge in [0.05, 0.1) is 6.10 Å². The molecule has 2 aromatic rings. The molecule has 0 aromatic heterocycles. The second-order valence-electron chi connectivity index (χ2n) is 8.25. The van der Waals surface area contributed by atoms with Gasteiger partial charge in [-0.1, -0.05) is 19.9 Å². The van der Waals surface area contributed by atoms with Gasteiger partial charge in [0.2, 0.25) is 0 Å². The molecule has 3 N–H and O–H groups in total. The zero-order valence-corrected chi connectivity index (χ0v) is 17.7. The predicted octanol–water partition coefficient (Wildman–Crippen LogP) is 4.56. The van der Waals surface area contributed by atoms with Crippen LogP contribution in [0, 0.1) is 0 Å². The first kappa shape index (κ1) is 20.3. The van der Waals surface area contributed by atoms with Gasteiger partial charge in [-0.3, -0.25) is 15.1 Å². The van der Waals surface area contributed by atoms with Crippen molar-refractivity contribution in [3.05, 3.63) is 53.6 Å². The maximum absolute atomic E-state index is 12.7. The Morgan fingerprint density at radius 2 is 2.03 bits per heavy atom. The van der Waals surface area contributed by atoms with E-state index in [4.69, 9.17) is 4.74 Å². The lowest BCUT2D eigenvalue weighted by Gasteiger charge is -2.26. The molecule has 1 amide bonds. The number of benzene rings is 2. The molecule has 2 aliphatic rings. The number of carbonyl (C=O) groups excluding carboxylic acids is 1. The van der Waals surface area contributed by atoms with Crippen LogP contribution >= 0.6 is 0 Å². The highest BCUT2D eigenvalue weighted by molar-refractivity contribution is 6.06. The van der Waals surface area contributed by atoms with Crippen LogP contribution in [-0.2, 0) is 0 Å². The lowest BCUT2D eigenvalue weighted by Crippen LogP contribution is -2.43. The summed E-state index contributed by atoms with van der Waals surface area (Å²) in [6.07, 6.45) is 4.88. The van der Waals surface area contributed by atoms with Crippen LogP contribution in [0.2, 0.25) is 0 Å². The van der Waals surface area contributed by atoms with Gasteiger partial charge >= 0.3 is 0 Å². The summed E-state index contributed by atoms with van der Waals surface area (Å²) in [6.45, 7) is 5.84. The van der Waals surface area contributed by atoms with E-state index < -0.39 is 0 Å². The third-order valence-electron chi connectivity index (χ3n) is 5.53. The molecule has 6 nitrogen and oxygen atoms in total. The smallest absolute Gasteiger partial charge is 0.257 e. The van der Waals surface area contributed by atoms with Gasteiger partial charge in [-0.25, -0.2) is 0 Å². The molecule has 2 aromatic carbocycles. The van der Waals surface area contributed by atoms with Gasteiger partial charge in [0.1, 0.15) is 5.75 Å². The van der Waals surface area contributed by atoms with Crippen molar-refractivity contribution in [2.24, 2.45) is 4.99 Å². The van der Waals surface area contributed by atoms with Crippen molar-refractivity contribution >= 4 is 23.2 Å². The van der Waals surface area contributed by atoms with Crippen molar-refractivity contribution in [2.75, 3.05) is 18.4 Å². The molecular weight excluding hydrogens is 376 g/mol. The Bertz CT molecular complexity index is 935. The SMILES string of the molecule is CC(C)c1cc(C(=O)NC2=NCCCN2)ccc1Nc1cccc(OC2CCC2)c1. The van der Waals surface area contributed by atoms with E-state index in [1.54, 1.807) is 0 Å². The summed E-state index contributed by atoms with van der Waals surface area (Å²) in [5.41, 5.74) is 3.69. The number of carbonyl (C=O) groups is 1. The Kier molecular flexibility index (Phi) is 6.21. The maximum Gasteiger partial charge on any atom is 0.257 e. The molecule has 0 bridgehead atoms. The Labute approximate surface area is 178 Å². The van der Waals surface area contributed by atoms with E-state index >= 15 is 0 Å². The number of amides is 1. The summed E-state index contributed by atoms with van der Waals surface area (Å²) < 4.78 is 6.02. The van der Waals surface area contributed by atoms with Gasteiger partial charge < -0.3 is 15.4 Å². The van der Waals surface area contributed by atoms with Crippen LogP contribution in [0.5, 0.6) is 5.75 Å². The Balaban J connectivity index is 1.50. The van der Waals surface area contributed by atoms with Crippen molar-refractivity contribution < 1.29 is 9.53 Å². The predicted molar refractivity (Wildman–Crippen MR) is 121 cm³/mol. The van der Waals surface area contributed by atoms with Crippen LogP contribution in [0.1, 0.15) is 61.4 Å². The molecule has 1 aliphatic heterocycles. The lowest BCUT2D eigenvalue weighted by molar-refractivity contribution is 0.0975. The summed E-state index contributed by atoms with van der Waals surface area (Å²) >= 11 is 0. The van der Waals surface area contributed by atoms with Crippen molar-refractivity contribution in [1.29, 1.82) is 0 Å². The molecule has 0 spiro atoms. The monoisotopic (exact) mass is 406 g/mol. The van der Waals surface area contributed by atoms with E-state index in [0.29, 0.717) is 17.6 Å². The van der Waals surface area contributed by atoms with Crippen LogP contribution in [0.3, 0.4) is 0 Å². The number of ether oxygens (including phenoxy) is 1. The highest BCUT2D eigenvalue weighted by Crippen LogP contribution is 2.31. The number of rotatable bonds is 6. The number of aliphatic imine (C=N–C) groups is 1. The van der Waals surface area contributed by atoms with E-state index in [9.17, 15) is 4.79 Å². The normalized spacial score (nSPS) is 16.3. The lowest BCUT2D eigenvalue weighted by atomic mass is 9.96. The fourth-order valence-electron chi connectivity index (χ4n) is 3.58. The molecule has 1 fully saturated rings. The fraction of sp³-hybridized carbons (Fsp3) is 0.417. The van der Waals surface area contributed by atoms with Crippen molar-refractivity contribution in [3.8, 4) is 5.75 Å². The zero-order valence-electron chi connectivity index (χ0n) is 17.7. The first-order valence-electron chi connectivity index (χ1n) is 10.9. The number of anilines is 2. The molecule has 1 aliphatic carbocycles. The number of hydrogen-bond acceptors (Lipinski definition) is 5. The van der Waals surface area contributed by atoms with Gasteiger partial charge in [0, 0.05) is 36.1 Å². The van der Waals surface area contributed by atoms with E-state index in [0.717, 1.165) is 55.0 Å². The van der Waals surface area contributed by atoms with Gasteiger partial charge in [-0.15, -0.1) is 0 Å². The van der Waals surface area contributed by atoms with Crippen molar-refractivity contribution in [3.63, 3.8) is 0 Å². The summed E-state index contributed by atoms with van der Waals surface area (Å²) in [4.78, 5) is 17.0. The Morgan fingerprint density at radius 1 is 1.17 bits per heavy atom. The molecule has 0 atom stereocenters. The average molecular weight is 407 g/mol. The van der Waals surface area contributed by atoms with Gasteiger partial charge in [0.15, 0.2) is 5.96 Å². The highest BCUT2D eigenvalue weighted by Gasteiger charge is 2.19. The minimum atomic E-state index is -0.146. The summed E-state index contributed by atoms with van der Waals surface area (Å²) in [5.74, 6) is 1.57. The minimum Gasteiger partial charge on any atom is -0.490 e. The summed E-state index contributed by atoms with van der Waals surface area (Å²) in [5, 5.41) is 9.50. The minimum absolute atomic E-state index is 0.146. The molecule has 1 saturated carbocycles. The molecule has 30 heavy (non-hydrogen) atoms. The van der Waals surface area contributed by atoms with Gasteiger partial charge in [-0.2, -0.15) is 0 Å². The summed E-state index contributed by atoms with van der Waals surface area (Å²) in [7, 11) is 0. The van der Waals surface area contributed by atoms with Crippen LogP contribution in [0.25, 0.3) is 0 Å². The summed E-state index contributed by atoms with van der Waals surface area (Å²) in [6, 6.07) is 13.9. The second kappa shape index (κ2) is 9.20. The molecule has 6 heteroatoms. The number of hydrogen-bond donors (Lipinski definition) is 3. The van der Waals surface area contributed by atoms with Gasteiger partial charge in [0.25, 0.3) is 5.91 Å². The Morgan fingerprint density at radius 3 is 2.73 bits per heavy atom. The first-order chi connectivity index (χ1) is 14.6. The van der Waals surface area contributed by atoms with Crippen LogP contribution in [0.15, 0.2) is 47.5 Å². The maximum atomic E-state index is 12.7. The number of nitrogens with one attached hydrogen (secondary N) is 3. The third kappa shape index (κ3) is 4.93. The molecule has 1 heterocycles. The van der Waals surface area contributed by atoms with Crippen molar-refractivity contribution in [1.82, 2.24) is 10.6 Å². The molecule has 0 unspecified atom stereocenters. The van der Waals surface area contributed by atoms with E-state index in [1.807, 2.05) is 42.5 Å². The van der Waals surface area contributed by atoms with E-state index in [-0.39, 0.29) is 11.8 Å². The average Bonchev–Trinajstić information content (AvgIpc) is 2.72. The molecule has 158 valence electrons. The topological polar surface area (TPSA) is 74.8 Å².